The molecule has 2 N–H and O–H groups in total. The first-order valence-corrected chi connectivity index (χ1v) is 12.0. The Morgan fingerprint density at radius 2 is 1.80 bits per heavy atom. The van der Waals surface area contributed by atoms with Crippen molar-refractivity contribution in [2.24, 2.45) is 0 Å². The third-order valence-electron chi connectivity index (χ3n) is 5.95. The second kappa shape index (κ2) is 11.3. The topological polar surface area (TPSA) is 95.5 Å². The van der Waals surface area contributed by atoms with E-state index in [9.17, 15) is 9.59 Å². The van der Waals surface area contributed by atoms with Gasteiger partial charge in [0.1, 0.15) is 0 Å². The maximum Gasteiger partial charge on any atom is 0.243 e. The molecule has 35 heavy (non-hydrogen) atoms. The molecule has 10 heteroatoms. The van der Waals surface area contributed by atoms with E-state index in [1.165, 1.54) is 4.90 Å². The highest BCUT2D eigenvalue weighted by Crippen LogP contribution is 2.20. The minimum atomic E-state index is -0.250. The van der Waals surface area contributed by atoms with Gasteiger partial charge in [0.15, 0.2) is 10.6 Å². The van der Waals surface area contributed by atoms with Gasteiger partial charge in [-0.05, 0) is 43.4 Å². The highest BCUT2D eigenvalue weighted by Gasteiger charge is 2.16. The molecule has 2 amide bonds. The Balaban J connectivity index is 1.29. The fourth-order valence-corrected chi connectivity index (χ4v) is 4.15. The molecular weight excluding hydrogens is 464 g/mol. The molecule has 4 rings (SSSR count). The number of aromatic amines is 1. The average molecular weight is 495 g/mol. The third-order valence-corrected chi connectivity index (χ3v) is 6.26. The number of carbonyl (C=O) groups is 2. The van der Waals surface area contributed by atoms with E-state index in [-0.39, 0.29) is 24.8 Å². The van der Waals surface area contributed by atoms with Crippen LogP contribution in [0.25, 0.3) is 11.4 Å². The summed E-state index contributed by atoms with van der Waals surface area (Å²) in [5.74, 6) is 0.282. The number of anilines is 2. The number of nitrogens with one attached hydrogen (secondary N) is 2. The van der Waals surface area contributed by atoms with Gasteiger partial charge in [0.2, 0.25) is 11.8 Å². The van der Waals surface area contributed by atoms with Crippen molar-refractivity contribution in [1.82, 2.24) is 19.7 Å². The number of likely N-dealkylation sites (N-methyl/N-ethyl adjacent to an activating group) is 1. The highest BCUT2D eigenvalue weighted by molar-refractivity contribution is 7.71. The zero-order valence-electron chi connectivity index (χ0n) is 20.0. The molecule has 0 atom stereocenters. The van der Waals surface area contributed by atoms with Gasteiger partial charge in [-0.15, -0.1) is 0 Å². The molecule has 1 aliphatic rings. The number of hydrogen-bond donors (Lipinski definition) is 2. The van der Waals surface area contributed by atoms with Crippen molar-refractivity contribution in [2.45, 2.75) is 19.9 Å². The van der Waals surface area contributed by atoms with Crippen LogP contribution in [-0.4, -0.2) is 71.4 Å². The van der Waals surface area contributed by atoms with Gasteiger partial charge >= 0.3 is 0 Å². The SMILES string of the molecule is Cc1ccc(-c2n[nH]c(=S)n2CCC(=O)N(C)CC(=O)Nc2ccc(N3CCOCC3)cc2)cc1. The number of amides is 2. The van der Waals surface area contributed by atoms with E-state index in [1.807, 2.05) is 60.0 Å². The Morgan fingerprint density at radius 3 is 2.49 bits per heavy atom. The molecule has 0 radical (unpaired) electrons. The summed E-state index contributed by atoms with van der Waals surface area (Å²) in [5, 5.41) is 9.98. The molecule has 184 valence electrons. The van der Waals surface area contributed by atoms with Crippen LogP contribution >= 0.6 is 12.2 Å². The van der Waals surface area contributed by atoms with Crippen molar-refractivity contribution in [3.8, 4) is 11.4 Å². The first kappa shape index (κ1) is 24.6. The van der Waals surface area contributed by atoms with E-state index in [2.05, 4.69) is 20.4 Å². The van der Waals surface area contributed by atoms with Gasteiger partial charge in [-0.3, -0.25) is 19.3 Å². The van der Waals surface area contributed by atoms with Crippen LogP contribution in [0.15, 0.2) is 48.5 Å². The van der Waals surface area contributed by atoms with Crippen molar-refractivity contribution < 1.29 is 14.3 Å². The molecule has 1 aliphatic heterocycles. The lowest BCUT2D eigenvalue weighted by Crippen LogP contribution is -2.36. The molecule has 9 nitrogen and oxygen atoms in total. The van der Waals surface area contributed by atoms with Crippen LogP contribution in [0, 0.1) is 11.7 Å². The Kier molecular flexibility index (Phi) is 7.94. The summed E-state index contributed by atoms with van der Waals surface area (Å²) in [5.41, 5.74) is 3.86. The number of ether oxygens (including phenoxy) is 1. The van der Waals surface area contributed by atoms with Crippen LogP contribution in [-0.2, 0) is 20.9 Å². The maximum absolute atomic E-state index is 12.7. The number of benzene rings is 2. The predicted molar refractivity (Wildman–Crippen MR) is 138 cm³/mol. The zero-order chi connectivity index (χ0) is 24.8. The van der Waals surface area contributed by atoms with E-state index in [0.717, 1.165) is 43.1 Å². The van der Waals surface area contributed by atoms with E-state index >= 15 is 0 Å². The Labute approximate surface area is 209 Å². The number of H-pyrrole nitrogens is 1. The maximum atomic E-state index is 12.7. The molecule has 3 aromatic rings. The van der Waals surface area contributed by atoms with Gasteiger partial charge in [0.05, 0.1) is 19.8 Å². The first-order valence-electron chi connectivity index (χ1n) is 11.6. The van der Waals surface area contributed by atoms with E-state index in [0.29, 0.717) is 22.8 Å². The third kappa shape index (κ3) is 6.34. The summed E-state index contributed by atoms with van der Waals surface area (Å²) in [6, 6.07) is 15.7. The number of hydrogen-bond acceptors (Lipinski definition) is 6. The first-order chi connectivity index (χ1) is 16.9. The average Bonchev–Trinajstić information content (AvgIpc) is 3.24. The second-order valence-electron chi connectivity index (χ2n) is 8.56. The molecule has 2 aromatic carbocycles. The fraction of sp³-hybridized carbons (Fsp3) is 0.360. The number of rotatable bonds is 8. The summed E-state index contributed by atoms with van der Waals surface area (Å²) < 4.78 is 7.65. The van der Waals surface area contributed by atoms with Crippen LogP contribution < -0.4 is 10.2 Å². The van der Waals surface area contributed by atoms with Crippen LogP contribution in [0.1, 0.15) is 12.0 Å². The molecule has 2 heterocycles. The molecule has 0 aliphatic carbocycles. The molecule has 1 aromatic heterocycles. The molecule has 0 saturated carbocycles. The zero-order valence-corrected chi connectivity index (χ0v) is 20.8. The Morgan fingerprint density at radius 1 is 1.11 bits per heavy atom. The number of aryl methyl sites for hydroxylation is 1. The monoisotopic (exact) mass is 494 g/mol. The van der Waals surface area contributed by atoms with Gasteiger partial charge in [0.25, 0.3) is 0 Å². The summed E-state index contributed by atoms with van der Waals surface area (Å²) in [7, 11) is 1.62. The highest BCUT2D eigenvalue weighted by atomic mass is 32.1. The van der Waals surface area contributed by atoms with Crippen LogP contribution in [0.5, 0.6) is 0 Å². The Hall–Kier alpha value is -3.50. The van der Waals surface area contributed by atoms with Crippen LogP contribution in [0.4, 0.5) is 11.4 Å². The molecular formula is C25H30N6O3S. The number of carbonyl (C=O) groups excluding carboxylic acids is 2. The van der Waals surface area contributed by atoms with Crippen LogP contribution in [0.3, 0.4) is 0 Å². The lowest BCUT2D eigenvalue weighted by atomic mass is 10.1. The molecule has 0 bridgehead atoms. The molecule has 0 unspecified atom stereocenters. The minimum absolute atomic E-state index is 0.0361. The van der Waals surface area contributed by atoms with Crippen molar-refractivity contribution in [3.63, 3.8) is 0 Å². The lowest BCUT2D eigenvalue weighted by Gasteiger charge is -2.28. The van der Waals surface area contributed by atoms with Gasteiger partial charge < -0.3 is 19.9 Å². The normalized spacial score (nSPS) is 13.5. The largest absolute Gasteiger partial charge is 0.378 e. The molecule has 1 fully saturated rings. The van der Waals surface area contributed by atoms with Gasteiger partial charge in [-0.1, -0.05) is 29.8 Å². The summed E-state index contributed by atoms with van der Waals surface area (Å²) in [6.45, 7) is 5.51. The fourth-order valence-electron chi connectivity index (χ4n) is 3.93. The number of aromatic nitrogens is 3. The number of nitrogens with zero attached hydrogens (tertiary/aromatic N) is 4. The summed E-state index contributed by atoms with van der Waals surface area (Å²) >= 11 is 5.36. The summed E-state index contributed by atoms with van der Waals surface area (Å²) in [4.78, 5) is 28.9. The second-order valence-corrected chi connectivity index (χ2v) is 8.95. The van der Waals surface area contributed by atoms with E-state index < -0.39 is 0 Å². The minimum Gasteiger partial charge on any atom is -0.378 e. The van der Waals surface area contributed by atoms with Crippen molar-refractivity contribution in [2.75, 3.05) is 50.1 Å². The summed E-state index contributed by atoms with van der Waals surface area (Å²) in [6.07, 6.45) is 0.199. The molecule has 0 spiro atoms. The van der Waals surface area contributed by atoms with E-state index in [1.54, 1.807) is 7.05 Å². The van der Waals surface area contributed by atoms with Gasteiger partial charge in [0, 0.05) is 50.0 Å². The van der Waals surface area contributed by atoms with Crippen molar-refractivity contribution in [3.05, 3.63) is 58.9 Å². The molecule has 1 saturated heterocycles. The van der Waals surface area contributed by atoms with Crippen molar-refractivity contribution in [1.29, 1.82) is 0 Å². The quantitative estimate of drug-likeness (QED) is 0.467. The van der Waals surface area contributed by atoms with E-state index in [4.69, 9.17) is 17.0 Å². The predicted octanol–water partition coefficient (Wildman–Crippen LogP) is 3.24. The smallest absolute Gasteiger partial charge is 0.243 e. The van der Waals surface area contributed by atoms with Gasteiger partial charge in [-0.2, -0.15) is 5.10 Å². The Bertz CT molecular complexity index is 1210. The van der Waals surface area contributed by atoms with Gasteiger partial charge in [-0.25, -0.2) is 0 Å². The lowest BCUT2D eigenvalue weighted by molar-refractivity contribution is -0.133. The standard InChI is InChI=1S/C25H30N6O3S/c1-18-3-5-19(6-4-18)24-27-28-25(35)31(24)12-11-23(33)29(2)17-22(32)26-20-7-9-21(10-8-20)30-13-15-34-16-14-30/h3-10H,11-17H2,1-2H3,(H,26,32)(H,28,35). The van der Waals surface area contributed by atoms with Crippen molar-refractivity contribution >= 4 is 35.4 Å². The number of morpholine rings is 1. The van der Waals surface area contributed by atoms with Crippen LogP contribution in [0.2, 0.25) is 0 Å².